The van der Waals surface area contributed by atoms with Crippen LogP contribution in [-0.4, -0.2) is 11.2 Å². The molecular weight excluding hydrogens is 284 g/mol. The minimum absolute atomic E-state index is 0.818. The number of aliphatic imine (C=N–C) groups is 1. The summed E-state index contributed by atoms with van der Waals surface area (Å²) in [5.41, 5.74) is 2.14. The second kappa shape index (κ2) is 4.89. The van der Waals surface area contributed by atoms with Crippen molar-refractivity contribution in [1.82, 2.24) is 4.98 Å². The standard InChI is InChI=1S/C12H11BrN2S/c1-8-9(2)16-12(15-8)14-7-10-3-5-11(13)6-4-10/h3-7H,1-2H3/b14-7+. The Morgan fingerprint density at radius 1 is 1.25 bits per heavy atom. The van der Waals surface area contributed by atoms with Crippen LogP contribution in [0.15, 0.2) is 33.7 Å². The van der Waals surface area contributed by atoms with E-state index in [4.69, 9.17) is 0 Å². The molecule has 0 aliphatic heterocycles. The van der Waals surface area contributed by atoms with Crippen molar-refractivity contribution in [3.8, 4) is 0 Å². The monoisotopic (exact) mass is 294 g/mol. The Morgan fingerprint density at radius 3 is 2.50 bits per heavy atom. The van der Waals surface area contributed by atoms with E-state index in [1.54, 1.807) is 11.3 Å². The first-order valence-electron chi connectivity index (χ1n) is 4.89. The molecule has 0 spiro atoms. The van der Waals surface area contributed by atoms with Gasteiger partial charge in [0.2, 0.25) is 5.13 Å². The van der Waals surface area contributed by atoms with Gasteiger partial charge in [-0.15, -0.1) is 0 Å². The van der Waals surface area contributed by atoms with Crippen LogP contribution in [0.2, 0.25) is 0 Å². The molecule has 0 aliphatic carbocycles. The summed E-state index contributed by atoms with van der Waals surface area (Å²) in [6.07, 6.45) is 1.84. The molecule has 2 rings (SSSR count). The summed E-state index contributed by atoms with van der Waals surface area (Å²) in [5, 5.41) is 0.818. The third kappa shape index (κ3) is 2.77. The van der Waals surface area contributed by atoms with E-state index in [0.29, 0.717) is 0 Å². The van der Waals surface area contributed by atoms with Crippen molar-refractivity contribution in [1.29, 1.82) is 0 Å². The van der Waals surface area contributed by atoms with Gasteiger partial charge >= 0.3 is 0 Å². The first-order valence-corrected chi connectivity index (χ1v) is 6.50. The molecule has 0 N–H and O–H groups in total. The van der Waals surface area contributed by atoms with Crippen LogP contribution in [0.4, 0.5) is 5.13 Å². The number of aryl methyl sites for hydroxylation is 2. The van der Waals surface area contributed by atoms with Crippen LogP contribution >= 0.6 is 27.3 Å². The summed E-state index contributed by atoms with van der Waals surface area (Å²) in [7, 11) is 0. The number of halogens is 1. The molecule has 1 heterocycles. The number of benzene rings is 1. The van der Waals surface area contributed by atoms with E-state index in [2.05, 4.69) is 32.8 Å². The highest BCUT2D eigenvalue weighted by Crippen LogP contribution is 2.23. The smallest absolute Gasteiger partial charge is 0.209 e. The second-order valence-corrected chi connectivity index (χ2v) is 5.55. The Kier molecular flexibility index (Phi) is 3.51. The van der Waals surface area contributed by atoms with Crippen LogP contribution in [0.5, 0.6) is 0 Å². The molecule has 2 aromatic rings. The van der Waals surface area contributed by atoms with E-state index in [1.807, 2.05) is 37.4 Å². The van der Waals surface area contributed by atoms with Crippen molar-refractivity contribution in [2.24, 2.45) is 4.99 Å². The first-order chi connectivity index (χ1) is 7.65. The summed E-state index contributed by atoms with van der Waals surface area (Å²) in [6, 6.07) is 8.03. The normalized spacial score (nSPS) is 11.2. The average Bonchev–Trinajstić information content (AvgIpc) is 2.58. The van der Waals surface area contributed by atoms with Crippen molar-refractivity contribution in [3.05, 3.63) is 44.9 Å². The fourth-order valence-electron chi connectivity index (χ4n) is 1.19. The molecule has 82 valence electrons. The maximum Gasteiger partial charge on any atom is 0.209 e. The zero-order valence-corrected chi connectivity index (χ0v) is 11.5. The lowest BCUT2D eigenvalue weighted by Gasteiger charge is -1.91. The molecule has 0 aliphatic rings. The Balaban J connectivity index is 2.17. The molecule has 0 saturated carbocycles. The van der Waals surface area contributed by atoms with E-state index in [1.165, 1.54) is 4.88 Å². The van der Waals surface area contributed by atoms with Crippen molar-refractivity contribution in [2.75, 3.05) is 0 Å². The molecule has 0 bridgehead atoms. The van der Waals surface area contributed by atoms with Gasteiger partial charge in [0.25, 0.3) is 0 Å². The van der Waals surface area contributed by atoms with Gasteiger partial charge in [-0.2, -0.15) is 0 Å². The maximum atomic E-state index is 4.35. The van der Waals surface area contributed by atoms with E-state index in [-0.39, 0.29) is 0 Å². The van der Waals surface area contributed by atoms with Crippen molar-refractivity contribution < 1.29 is 0 Å². The molecule has 1 aromatic heterocycles. The highest BCUT2D eigenvalue weighted by molar-refractivity contribution is 9.10. The average molecular weight is 295 g/mol. The lowest BCUT2D eigenvalue weighted by atomic mass is 10.2. The van der Waals surface area contributed by atoms with Crippen LogP contribution in [0.25, 0.3) is 0 Å². The van der Waals surface area contributed by atoms with Crippen molar-refractivity contribution in [3.63, 3.8) is 0 Å². The lowest BCUT2D eigenvalue weighted by molar-refractivity contribution is 1.22. The summed E-state index contributed by atoms with van der Waals surface area (Å²) >= 11 is 5.02. The largest absolute Gasteiger partial charge is 0.227 e. The predicted octanol–water partition coefficient (Wildman–Crippen LogP) is 4.27. The Bertz CT molecular complexity index is 495. The number of hydrogen-bond donors (Lipinski definition) is 0. The number of hydrogen-bond acceptors (Lipinski definition) is 3. The SMILES string of the molecule is Cc1nc(/N=C/c2ccc(Br)cc2)sc1C. The molecule has 1 aromatic carbocycles. The number of aromatic nitrogens is 1. The Labute approximate surface area is 107 Å². The first kappa shape index (κ1) is 11.5. The highest BCUT2D eigenvalue weighted by Gasteiger charge is 2.00. The summed E-state index contributed by atoms with van der Waals surface area (Å²) in [6.45, 7) is 4.07. The Hall–Kier alpha value is -1.00. The third-order valence-electron chi connectivity index (χ3n) is 2.21. The molecule has 4 heteroatoms. The quantitative estimate of drug-likeness (QED) is 0.759. The molecule has 0 amide bonds. The van der Waals surface area contributed by atoms with Crippen LogP contribution < -0.4 is 0 Å². The fourth-order valence-corrected chi connectivity index (χ4v) is 2.21. The molecule has 0 atom stereocenters. The van der Waals surface area contributed by atoms with E-state index in [9.17, 15) is 0 Å². The predicted molar refractivity (Wildman–Crippen MR) is 73.0 cm³/mol. The molecule has 0 radical (unpaired) electrons. The molecule has 16 heavy (non-hydrogen) atoms. The minimum atomic E-state index is 0.818. The maximum absolute atomic E-state index is 4.35. The van der Waals surface area contributed by atoms with Crippen LogP contribution in [0, 0.1) is 13.8 Å². The summed E-state index contributed by atoms with van der Waals surface area (Å²) in [4.78, 5) is 9.93. The number of nitrogens with zero attached hydrogens (tertiary/aromatic N) is 2. The Morgan fingerprint density at radius 2 is 1.94 bits per heavy atom. The molecule has 0 saturated heterocycles. The van der Waals surface area contributed by atoms with Crippen LogP contribution in [0.1, 0.15) is 16.1 Å². The van der Waals surface area contributed by atoms with E-state index >= 15 is 0 Å². The van der Waals surface area contributed by atoms with Gasteiger partial charge in [-0.25, -0.2) is 9.98 Å². The van der Waals surface area contributed by atoms with Gasteiger partial charge in [0, 0.05) is 15.6 Å². The zero-order valence-electron chi connectivity index (χ0n) is 9.07. The lowest BCUT2D eigenvalue weighted by Crippen LogP contribution is -1.78. The fraction of sp³-hybridized carbons (Fsp3) is 0.167. The van der Waals surface area contributed by atoms with Gasteiger partial charge in [-0.1, -0.05) is 39.4 Å². The van der Waals surface area contributed by atoms with Gasteiger partial charge in [0.05, 0.1) is 5.69 Å². The molecule has 0 unspecified atom stereocenters. The molecular formula is C12H11BrN2S. The van der Waals surface area contributed by atoms with Crippen molar-refractivity contribution in [2.45, 2.75) is 13.8 Å². The van der Waals surface area contributed by atoms with Crippen LogP contribution in [0.3, 0.4) is 0 Å². The van der Waals surface area contributed by atoms with E-state index < -0.39 is 0 Å². The molecule has 2 nitrogen and oxygen atoms in total. The van der Waals surface area contributed by atoms with Gasteiger partial charge in [-0.3, -0.25) is 0 Å². The summed E-state index contributed by atoms with van der Waals surface area (Å²) < 4.78 is 1.07. The second-order valence-electron chi connectivity index (χ2n) is 3.45. The van der Waals surface area contributed by atoms with Gasteiger partial charge in [0.15, 0.2) is 0 Å². The zero-order chi connectivity index (χ0) is 11.5. The van der Waals surface area contributed by atoms with E-state index in [0.717, 1.165) is 20.9 Å². The van der Waals surface area contributed by atoms with Gasteiger partial charge in [0.1, 0.15) is 0 Å². The van der Waals surface area contributed by atoms with Crippen LogP contribution in [-0.2, 0) is 0 Å². The van der Waals surface area contributed by atoms with Gasteiger partial charge < -0.3 is 0 Å². The molecule has 0 fully saturated rings. The number of rotatable bonds is 2. The highest BCUT2D eigenvalue weighted by atomic mass is 79.9. The van der Waals surface area contributed by atoms with Gasteiger partial charge in [-0.05, 0) is 31.5 Å². The van der Waals surface area contributed by atoms with Crippen molar-refractivity contribution >= 4 is 38.6 Å². The number of thiazole rings is 1. The topological polar surface area (TPSA) is 25.2 Å². The minimum Gasteiger partial charge on any atom is -0.227 e. The third-order valence-corrected chi connectivity index (χ3v) is 3.72. The summed E-state index contributed by atoms with van der Waals surface area (Å²) in [5.74, 6) is 0.